The largest absolute Gasteiger partial charge is 0.289 e. The van der Waals surface area contributed by atoms with E-state index in [1.807, 2.05) is 30.3 Å². The molecule has 1 amide bonds. The van der Waals surface area contributed by atoms with E-state index >= 15 is 0 Å². The molecule has 0 bridgehead atoms. The van der Waals surface area contributed by atoms with Gasteiger partial charge in [-0.3, -0.25) is 10.1 Å². The molecule has 0 aliphatic rings. The summed E-state index contributed by atoms with van der Waals surface area (Å²) in [5, 5.41) is 16.3. The maximum absolute atomic E-state index is 12.1. The summed E-state index contributed by atoms with van der Waals surface area (Å²) in [6.07, 6.45) is 0. The molecule has 2 N–H and O–H groups in total. The third-order valence-corrected chi connectivity index (χ3v) is 3.81. The van der Waals surface area contributed by atoms with Crippen LogP contribution in [0.1, 0.15) is 15.4 Å². The second kappa shape index (κ2) is 5.17. The van der Waals surface area contributed by atoms with E-state index in [0.29, 0.717) is 10.6 Å². The van der Waals surface area contributed by atoms with Crippen LogP contribution in [0.25, 0.3) is 10.6 Å². The highest BCUT2D eigenvalue weighted by Gasteiger charge is 2.17. The second-order valence-electron chi connectivity index (χ2n) is 4.00. The van der Waals surface area contributed by atoms with Crippen molar-refractivity contribution in [2.75, 3.05) is 5.32 Å². The number of tetrazole rings is 1. The number of aryl methyl sites for hydroxylation is 1. The van der Waals surface area contributed by atoms with E-state index in [0.717, 1.165) is 10.6 Å². The monoisotopic (exact) mass is 286 g/mol. The summed E-state index contributed by atoms with van der Waals surface area (Å²) < 4.78 is 0. The van der Waals surface area contributed by atoms with E-state index in [1.165, 1.54) is 11.3 Å². The molecule has 0 saturated carbocycles. The van der Waals surface area contributed by atoms with Gasteiger partial charge in [-0.25, -0.2) is 10.1 Å². The van der Waals surface area contributed by atoms with Gasteiger partial charge >= 0.3 is 0 Å². The zero-order chi connectivity index (χ0) is 13.9. The van der Waals surface area contributed by atoms with E-state index in [2.05, 4.69) is 30.9 Å². The number of carbonyl (C=O) groups excluding carboxylic acids is 1. The number of thiazole rings is 1. The van der Waals surface area contributed by atoms with Crippen molar-refractivity contribution in [1.29, 1.82) is 0 Å². The van der Waals surface area contributed by atoms with Gasteiger partial charge in [-0.15, -0.1) is 11.3 Å². The fraction of sp³-hybridized carbons (Fsp3) is 0.0833. The lowest BCUT2D eigenvalue weighted by Gasteiger charge is -1.97. The zero-order valence-electron chi connectivity index (χ0n) is 10.5. The minimum absolute atomic E-state index is 0.212. The van der Waals surface area contributed by atoms with Gasteiger partial charge in [0.1, 0.15) is 9.88 Å². The number of aromatic amines is 1. The Hall–Kier alpha value is -2.61. The number of nitrogens with one attached hydrogen (secondary N) is 2. The molecule has 2 aromatic heterocycles. The predicted octanol–water partition coefficient (Wildman–Crippen LogP) is 1.88. The Balaban J connectivity index is 1.88. The number of amides is 1. The number of benzene rings is 1. The lowest BCUT2D eigenvalue weighted by atomic mass is 10.2. The van der Waals surface area contributed by atoms with Crippen LogP contribution in [0.15, 0.2) is 30.3 Å². The number of aromatic nitrogens is 5. The molecule has 0 atom stereocenters. The summed E-state index contributed by atoms with van der Waals surface area (Å²) in [6, 6.07) is 9.73. The maximum Gasteiger partial charge on any atom is 0.270 e. The summed E-state index contributed by atoms with van der Waals surface area (Å²) in [5.41, 5.74) is 1.67. The van der Waals surface area contributed by atoms with Crippen LogP contribution in [-0.2, 0) is 0 Å². The summed E-state index contributed by atoms with van der Waals surface area (Å²) in [7, 11) is 0. The van der Waals surface area contributed by atoms with Crippen LogP contribution in [0.5, 0.6) is 0 Å². The molecule has 20 heavy (non-hydrogen) atoms. The molecular formula is C12H10N6OS. The van der Waals surface area contributed by atoms with Crippen LogP contribution in [0, 0.1) is 6.92 Å². The lowest BCUT2D eigenvalue weighted by molar-refractivity contribution is 0.102. The number of anilines is 1. The molecule has 0 fully saturated rings. The van der Waals surface area contributed by atoms with Crippen LogP contribution < -0.4 is 5.32 Å². The van der Waals surface area contributed by atoms with Gasteiger partial charge in [0.2, 0.25) is 5.95 Å². The van der Waals surface area contributed by atoms with E-state index in [1.54, 1.807) is 6.92 Å². The van der Waals surface area contributed by atoms with E-state index < -0.39 is 0 Å². The van der Waals surface area contributed by atoms with Crippen LogP contribution in [0.3, 0.4) is 0 Å². The van der Waals surface area contributed by atoms with Gasteiger partial charge in [-0.2, -0.15) is 0 Å². The number of hydrogen-bond donors (Lipinski definition) is 2. The Bertz CT molecular complexity index is 722. The normalized spacial score (nSPS) is 10.4. The fourth-order valence-electron chi connectivity index (χ4n) is 1.69. The Morgan fingerprint density at radius 1 is 1.30 bits per heavy atom. The summed E-state index contributed by atoms with van der Waals surface area (Å²) in [6.45, 7) is 1.80. The number of hydrogen-bond acceptors (Lipinski definition) is 6. The molecule has 2 heterocycles. The first-order chi connectivity index (χ1) is 9.74. The summed E-state index contributed by atoms with van der Waals surface area (Å²) in [5.74, 6) is -0.0650. The average molecular weight is 286 g/mol. The van der Waals surface area contributed by atoms with Crippen molar-refractivity contribution in [2.24, 2.45) is 0 Å². The highest BCUT2D eigenvalue weighted by atomic mass is 32.1. The molecule has 0 spiro atoms. The molecule has 1 aromatic carbocycles. The van der Waals surface area contributed by atoms with Crippen molar-refractivity contribution in [3.8, 4) is 10.6 Å². The third kappa shape index (κ3) is 2.41. The van der Waals surface area contributed by atoms with Crippen molar-refractivity contribution in [3.63, 3.8) is 0 Å². The maximum atomic E-state index is 12.1. The van der Waals surface area contributed by atoms with Crippen LogP contribution >= 0.6 is 11.3 Å². The number of carbonyl (C=O) groups is 1. The van der Waals surface area contributed by atoms with Crippen LogP contribution in [-0.4, -0.2) is 31.5 Å². The van der Waals surface area contributed by atoms with Gasteiger partial charge in [0.05, 0.1) is 5.69 Å². The minimum atomic E-state index is -0.277. The minimum Gasteiger partial charge on any atom is -0.289 e. The smallest absolute Gasteiger partial charge is 0.270 e. The molecule has 0 radical (unpaired) electrons. The highest BCUT2D eigenvalue weighted by Crippen LogP contribution is 2.27. The molecule has 0 aliphatic heterocycles. The standard InChI is InChI=1S/C12H10N6OS/c1-7-9(10(19)14-12-15-17-18-16-12)20-11(13-7)8-5-3-2-4-6-8/h2-6H,1H3,(H2,14,15,16,17,18,19). The van der Waals surface area contributed by atoms with E-state index in [-0.39, 0.29) is 11.9 Å². The van der Waals surface area contributed by atoms with Crippen molar-refractivity contribution in [2.45, 2.75) is 6.92 Å². The topological polar surface area (TPSA) is 96.5 Å². The average Bonchev–Trinajstić information content (AvgIpc) is 3.09. The van der Waals surface area contributed by atoms with Gasteiger partial charge in [0.15, 0.2) is 0 Å². The Labute approximate surface area is 118 Å². The molecule has 0 saturated heterocycles. The van der Waals surface area contributed by atoms with Crippen molar-refractivity contribution in [3.05, 3.63) is 40.9 Å². The van der Waals surface area contributed by atoms with Crippen molar-refractivity contribution < 1.29 is 4.79 Å². The Morgan fingerprint density at radius 3 is 2.80 bits per heavy atom. The van der Waals surface area contributed by atoms with Gasteiger partial charge in [0, 0.05) is 5.56 Å². The first-order valence-corrected chi connectivity index (χ1v) is 6.63. The second-order valence-corrected chi connectivity index (χ2v) is 5.00. The van der Waals surface area contributed by atoms with E-state index in [9.17, 15) is 4.79 Å². The van der Waals surface area contributed by atoms with Gasteiger partial charge < -0.3 is 0 Å². The van der Waals surface area contributed by atoms with E-state index in [4.69, 9.17) is 0 Å². The lowest BCUT2D eigenvalue weighted by Crippen LogP contribution is -2.12. The molecule has 100 valence electrons. The van der Waals surface area contributed by atoms with Crippen LogP contribution in [0.4, 0.5) is 5.95 Å². The van der Waals surface area contributed by atoms with Crippen molar-refractivity contribution >= 4 is 23.2 Å². The first-order valence-electron chi connectivity index (χ1n) is 5.82. The molecule has 7 nitrogen and oxygen atoms in total. The predicted molar refractivity (Wildman–Crippen MR) is 74.4 cm³/mol. The zero-order valence-corrected chi connectivity index (χ0v) is 11.3. The molecule has 0 aliphatic carbocycles. The number of nitrogens with zero attached hydrogens (tertiary/aromatic N) is 4. The van der Waals surface area contributed by atoms with Gasteiger partial charge in [0.25, 0.3) is 5.91 Å². The summed E-state index contributed by atoms with van der Waals surface area (Å²) >= 11 is 1.34. The Morgan fingerprint density at radius 2 is 2.10 bits per heavy atom. The fourth-order valence-corrected chi connectivity index (χ4v) is 2.65. The highest BCUT2D eigenvalue weighted by molar-refractivity contribution is 7.17. The molecular weight excluding hydrogens is 276 g/mol. The molecule has 3 rings (SSSR count). The Kier molecular flexibility index (Phi) is 3.21. The van der Waals surface area contributed by atoms with Crippen molar-refractivity contribution in [1.82, 2.24) is 25.6 Å². The van der Waals surface area contributed by atoms with Gasteiger partial charge in [-0.05, 0) is 17.4 Å². The summed E-state index contributed by atoms with van der Waals surface area (Å²) in [4.78, 5) is 17.1. The number of rotatable bonds is 3. The molecule has 3 aromatic rings. The SMILES string of the molecule is Cc1nc(-c2ccccc2)sc1C(=O)Nc1nnn[nH]1. The quantitative estimate of drug-likeness (QED) is 0.766. The number of H-pyrrole nitrogens is 1. The molecule has 0 unspecified atom stereocenters. The molecule has 8 heteroatoms. The third-order valence-electron chi connectivity index (χ3n) is 2.60. The van der Waals surface area contributed by atoms with Gasteiger partial charge in [-0.1, -0.05) is 35.4 Å². The van der Waals surface area contributed by atoms with Crippen LogP contribution in [0.2, 0.25) is 0 Å². The first kappa shape index (κ1) is 12.4.